The van der Waals surface area contributed by atoms with E-state index in [0.29, 0.717) is 12.6 Å². The first-order valence-electron chi connectivity index (χ1n) is 7.38. The van der Waals surface area contributed by atoms with E-state index in [4.69, 9.17) is 4.74 Å². The van der Waals surface area contributed by atoms with Gasteiger partial charge < -0.3 is 15.4 Å². The Morgan fingerprint density at radius 1 is 1.27 bits per heavy atom. The zero-order valence-electron chi connectivity index (χ0n) is 12.2. The lowest BCUT2D eigenvalue weighted by molar-refractivity contribution is 0.125. The first-order valence-corrected chi connectivity index (χ1v) is 8.26. The van der Waals surface area contributed by atoms with E-state index in [0.717, 1.165) is 30.0 Å². The minimum Gasteiger partial charge on any atom is -0.445 e. The van der Waals surface area contributed by atoms with Gasteiger partial charge in [-0.25, -0.2) is 9.78 Å². The lowest BCUT2D eigenvalue weighted by Gasteiger charge is -2.35. The molecule has 0 aliphatic heterocycles. The molecule has 6 heteroatoms. The van der Waals surface area contributed by atoms with E-state index in [2.05, 4.69) is 15.6 Å². The Bertz CT molecular complexity index is 583. The van der Waals surface area contributed by atoms with Crippen molar-refractivity contribution in [2.45, 2.75) is 38.1 Å². The minimum absolute atomic E-state index is 0.206. The van der Waals surface area contributed by atoms with Crippen LogP contribution in [-0.2, 0) is 17.9 Å². The third-order valence-corrected chi connectivity index (χ3v) is 4.48. The number of nitrogens with one attached hydrogen (secondary N) is 2. The normalized spacial score (nSPS) is 20.2. The Balaban J connectivity index is 1.29. The molecule has 1 saturated carbocycles. The summed E-state index contributed by atoms with van der Waals surface area (Å²) in [5.41, 5.74) is 0.995. The van der Waals surface area contributed by atoms with Crippen LogP contribution in [0.5, 0.6) is 0 Å². The van der Waals surface area contributed by atoms with Crippen molar-refractivity contribution in [3.05, 3.63) is 52.5 Å². The van der Waals surface area contributed by atoms with Crippen LogP contribution in [0, 0.1) is 0 Å². The zero-order valence-corrected chi connectivity index (χ0v) is 13.0. The van der Waals surface area contributed by atoms with Crippen molar-refractivity contribution in [1.82, 2.24) is 15.6 Å². The van der Waals surface area contributed by atoms with Crippen LogP contribution in [0.4, 0.5) is 4.79 Å². The van der Waals surface area contributed by atoms with Gasteiger partial charge in [0.05, 0.1) is 0 Å². The van der Waals surface area contributed by atoms with E-state index in [-0.39, 0.29) is 12.1 Å². The number of ether oxygens (including phenoxy) is 1. The van der Waals surface area contributed by atoms with Gasteiger partial charge in [-0.2, -0.15) is 0 Å². The molecule has 1 amide bonds. The second kappa shape index (κ2) is 7.38. The van der Waals surface area contributed by atoms with Crippen molar-refractivity contribution < 1.29 is 9.53 Å². The van der Waals surface area contributed by atoms with Crippen molar-refractivity contribution in [1.29, 1.82) is 0 Å². The van der Waals surface area contributed by atoms with Crippen molar-refractivity contribution in [2.24, 2.45) is 0 Å². The molecule has 1 heterocycles. The SMILES string of the molecule is O=C(NC1CC(NCc2nccs2)C1)OCc1ccccc1. The van der Waals surface area contributed by atoms with Crippen LogP contribution in [-0.4, -0.2) is 23.2 Å². The maximum Gasteiger partial charge on any atom is 0.407 e. The molecule has 22 heavy (non-hydrogen) atoms. The van der Waals surface area contributed by atoms with Gasteiger partial charge in [0.2, 0.25) is 0 Å². The first kappa shape index (κ1) is 15.0. The third-order valence-electron chi connectivity index (χ3n) is 3.70. The van der Waals surface area contributed by atoms with Gasteiger partial charge in [0.15, 0.2) is 0 Å². The molecule has 1 aliphatic rings. The predicted octanol–water partition coefficient (Wildman–Crippen LogP) is 2.69. The van der Waals surface area contributed by atoms with Crippen molar-refractivity contribution >= 4 is 17.4 Å². The molecular weight excluding hydrogens is 298 g/mol. The predicted molar refractivity (Wildman–Crippen MR) is 85.5 cm³/mol. The summed E-state index contributed by atoms with van der Waals surface area (Å²) in [6, 6.07) is 10.3. The molecule has 1 aromatic heterocycles. The number of benzene rings is 1. The fourth-order valence-electron chi connectivity index (χ4n) is 2.41. The average Bonchev–Trinajstić information content (AvgIpc) is 3.01. The van der Waals surface area contributed by atoms with E-state index in [1.165, 1.54) is 0 Å². The molecule has 2 aromatic rings. The van der Waals surface area contributed by atoms with Crippen molar-refractivity contribution in [3.8, 4) is 0 Å². The fraction of sp³-hybridized carbons (Fsp3) is 0.375. The monoisotopic (exact) mass is 317 g/mol. The highest BCUT2D eigenvalue weighted by Gasteiger charge is 2.30. The van der Waals surface area contributed by atoms with Crippen LogP contribution in [0.2, 0.25) is 0 Å². The van der Waals surface area contributed by atoms with Crippen LogP contribution in [0.25, 0.3) is 0 Å². The smallest absolute Gasteiger partial charge is 0.407 e. The lowest BCUT2D eigenvalue weighted by atomic mass is 9.87. The summed E-state index contributed by atoms with van der Waals surface area (Å²) in [4.78, 5) is 15.9. The average molecular weight is 317 g/mol. The highest BCUT2D eigenvalue weighted by atomic mass is 32.1. The van der Waals surface area contributed by atoms with E-state index < -0.39 is 0 Å². The maximum absolute atomic E-state index is 11.7. The van der Waals surface area contributed by atoms with Crippen molar-refractivity contribution in [2.75, 3.05) is 0 Å². The molecule has 3 rings (SSSR count). The number of rotatable bonds is 6. The number of aromatic nitrogens is 1. The number of nitrogens with zero attached hydrogens (tertiary/aromatic N) is 1. The number of thiazole rings is 1. The Morgan fingerprint density at radius 3 is 2.82 bits per heavy atom. The highest BCUT2D eigenvalue weighted by molar-refractivity contribution is 7.09. The largest absolute Gasteiger partial charge is 0.445 e. The van der Waals surface area contributed by atoms with Crippen molar-refractivity contribution in [3.63, 3.8) is 0 Å². The molecule has 1 fully saturated rings. The molecule has 5 nitrogen and oxygen atoms in total. The van der Waals surface area contributed by atoms with Crippen LogP contribution >= 0.6 is 11.3 Å². The van der Waals surface area contributed by atoms with E-state index in [9.17, 15) is 4.79 Å². The summed E-state index contributed by atoms with van der Waals surface area (Å²) < 4.78 is 5.21. The van der Waals surface area contributed by atoms with E-state index in [1.807, 2.05) is 41.9 Å². The Kier molecular flexibility index (Phi) is 5.03. The number of carbonyl (C=O) groups is 1. The van der Waals surface area contributed by atoms with Crippen LogP contribution < -0.4 is 10.6 Å². The molecule has 1 aromatic carbocycles. The number of amides is 1. The summed E-state index contributed by atoms with van der Waals surface area (Å²) in [6.07, 6.45) is 3.35. The van der Waals surface area contributed by atoms with Crippen LogP contribution in [0.15, 0.2) is 41.9 Å². The number of hydrogen-bond donors (Lipinski definition) is 2. The van der Waals surface area contributed by atoms with Gasteiger partial charge in [-0.15, -0.1) is 11.3 Å². The van der Waals surface area contributed by atoms with Gasteiger partial charge >= 0.3 is 6.09 Å². The van der Waals surface area contributed by atoms with E-state index in [1.54, 1.807) is 11.3 Å². The fourth-order valence-corrected chi connectivity index (χ4v) is 2.97. The molecule has 116 valence electrons. The quantitative estimate of drug-likeness (QED) is 0.860. The van der Waals surface area contributed by atoms with Gasteiger partial charge in [0.25, 0.3) is 0 Å². The Labute approximate surface area is 133 Å². The standard InChI is InChI=1S/C16H19N3O2S/c20-16(21-11-12-4-2-1-3-5-12)19-14-8-13(9-14)18-10-15-17-6-7-22-15/h1-7,13-14,18H,8-11H2,(H,19,20). The van der Waals surface area contributed by atoms with Crippen LogP contribution in [0.1, 0.15) is 23.4 Å². The molecule has 0 spiro atoms. The van der Waals surface area contributed by atoms with Gasteiger partial charge in [-0.1, -0.05) is 30.3 Å². The van der Waals surface area contributed by atoms with Gasteiger partial charge in [-0.3, -0.25) is 0 Å². The molecule has 0 saturated heterocycles. The summed E-state index contributed by atoms with van der Waals surface area (Å²) in [6.45, 7) is 1.11. The summed E-state index contributed by atoms with van der Waals surface area (Å²) in [5.74, 6) is 0. The van der Waals surface area contributed by atoms with Gasteiger partial charge in [0, 0.05) is 30.2 Å². The van der Waals surface area contributed by atoms with E-state index >= 15 is 0 Å². The Hall–Kier alpha value is -1.92. The second-order valence-corrected chi connectivity index (χ2v) is 6.36. The van der Waals surface area contributed by atoms with Gasteiger partial charge in [-0.05, 0) is 18.4 Å². The molecule has 0 atom stereocenters. The highest BCUT2D eigenvalue weighted by Crippen LogP contribution is 2.20. The topological polar surface area (TPSA) is 63.2 Å². The number of alkyl carbamates (subject to hydrolysis) is 1. The van der Waals surface area contributed by atoms with Crippen LogP contribution in [0.3, 0.4) is 0 Å². The summed E-state index contributed by atoms with van der Waals surface area (Å²) >= 11 is 1.65. The number of carbonyl (C=O) groups excluding carboxylic acids is 1. The third kappa shape index (κ3) is 4.29. The number of hydrogen-bond acceptors (Lipinski definition) is 5. The van der Waals surface area contributed by atoms with Gasteiger partial charge in [0.1, 0.15) is 11.6 Å². The minimum atomic E-state index is -0.341. The molecular formula is C16H19N3O2S. The lowest BCUT2D eigenvalue weighted by Crippen LogP contribution is -2.52. The maximum atomic E-state index is 11.7. The molecule has 1 aliphatic carbocycles. The molecule has 0 radical (unpaired) electrons. The first-order chi connectivity index (χ1) is 10.8. The molecule has 0 bridgehead atoms. The second-order valence-electron chi connectivity index (χ2n) is 5.38. The zero-order chi connectivity index (χ0) is 15.2. The summed E-state index contributed by atoms with van der Waals surface area (Å²) in [7, 11) is 0. The summed E-state index contributed by atoms with van der Waals surface area (Å²) in [5, 5.41) is 9.41. The Morgan fingerprint density at radius 2 is 2.09 bits per heavy atom. The molecule has 2 N–H and O–H groups in total. The molecule has 0 unspecified atom stereocenters.